The van der Waals surface area contributed by atoms with Crippen LogP contribution in [0, 0.1) is 5.92 Å². The minimum atomic E-state index is -3.93. The van der Waals surface area contributed by atoms with Crippen LogP contribution >= 0.6 is 0 Å². The Morgan fingerprint density at radius 2 is 2.33 bits per heavy atom. The maximum absolute atomic E-state index is 11.7. The molecular formula is C6H11FO4S. The predicted octanol–water partition coefficient (Wildman–Crippen LogP) is 0.296. The molecule has 1 aliphatic rings. The molecule has 0 saturated carbocycles. The molecule has 0 aromatic rings. The Morgan fingerprint density at radius 1 is 1.58 bits per heavy atom. The summed E-state index contributed by atoms with van der Waals surface area (Å²) in [5.74, 6) is 0.0892. The van der Waals surface area contributed by atoms with Gasteiger partial charge in [-0.05, 0) is 6.42 Å². The van der Waals surface area contributed by atoms with Crippen LogP contribution in [0.2, 0.25) is 0 Å². The second-order valence-corrected chi connectivity index (χ2v) is 4.25. The van der Waals surface area contributed by atoms with Crippen LogP contribution in [0.1, 0.15) is 6.42 Å². The minimum absolute atomic E-state index is 0.0340. The van der Waals surface area contributed by atoms with Crippen LogP contribution in [-0.2, 0) is 19.0 Å². The molecule has 0 bridgehead atoms. The van der Waals surface area contributed by atoms with Crippen molar-refractivity contribution in [1.29, 1.82) is 0 Å². The smallest absolute Gasteiger partial charge is 0.297 e. The Kier molecular flexibility index (Phi) is 3.42. The molecule has 0 aliphatic carbocycles. The van der Waals surface area contributed by atoms with E-state index in [0.717, 1.165) is 6.42 Å². The van der Waals surface area contributed by atoms with Gasteiger partial charge in [0.15, 0.2) is 0 Å². The Morgan fingerprint density at radius 3 is 2.83 bits per heavy atom. The minimum Gasteiger partial charge on any atom is -0.381 e. The van der Waals surface area contributed by atoms with Crippen molar-refractivity contribution >= 4 is 10.1 Å². The van der Waals surface area contributed by atoms with E-state index in [2.05, 4.69) is 4.18 Å². The van der Waals surface area contributed by atoms with Crippen molar-refractivity contribution in [2.24, 2.45) is 5.92 Å². The van der Waals surface area contributed by atoms with E-state index in [1.54, 1.807) is 0 Å². The largest absolute Gasteiger partial charge is 0.381 e. The summed E-state index contributed by atoms with van der Waals surface area (Å²) in [6, 6.07) is -1.46. The van der Waals surface area contributed by atoms with Crippen LogP contribution in [-0.4, -0.2) is 34.2 Å². The quantitative estimate of drug-likeness (QED) is 0.609. The van der Waals surface area contributed by atoms with Crippen molar-refractivity contribution < 1.29 is 21.7 Å². The summed E-state index contributed by atoms with van der Waals surface area (Å²) >= 11 is 0. The zero-order valence-corrected chi connectivity index (χ0v) is 7.35. The second-order valence-electron chi connectivity index (χ2n) is 2.68. The van der Waals surface area contributed by atoms with E-state index >= 15 is 0 Å². The number of hydrogen-bond donors (Lipinski definition) is 0. The van der Waals surface area contributed by atoms with Crippen molar-refractivity contribution in [2.45, 2.75) is 6.42 Å². The highest BCUT2D eigenvalue weighted by Crippen LogP contribution is 2.13. The standard InChI is InChI=1S/C6H11FO4S/c7-5-12(8,9)11-4-6-1-2-10-3-6/h6H,1-5H2. The van der Waals surface area contributed by atoms with E-state index in [0.29, 0.717) is 13.2 Å². The molecule has 0 N–H and O–H groups in total. The van der Waals surface area contributed by atoms with Crippen LogP contribution in [0.15, 0.2) is 0 Å². The van der Waals surface area contributed by atoms with E-state index in [4.69, 9.17) is 4.74 Å². The maximum Gasteiger partial charge on any atom is 0.297 e. The van der Waals surface area contributed by atoms with E-state index in [-0.39, 0.29) is 12.5 Å². The highest BCUT2D eigenvalue weighted by molar-refractivity contribution is 7.86. The average Bonchev–Trinajstić information content (AvgIpc) is 2.53. The summed E-state index contributed by atoms with van der Waals surface area (Å²) in [4.78, 5) is 0. The fourth-order valence-electron chi connectivity index (χ4n) is 0.946. The van der Waals surface area contributed by atoms with Gasteiger partial charge in [-0.3, -0.25) is 4.18 Å². The van der Waals surface area contributed by atoms with Gasteiger partial charge >= 0.3 is 0 Å². The summed E-state index contributed by atoms with van der Waals surface area (Å²) in [5.41, 5.74) is 0. The third-order valence-electron chi connectivity index (χ3n) is 1.64. The molecule has 0 spiro atoms. The molecule has 0 aromatic carbocycles. The highest BCUT2D eigenvalue weighted by Gasteiger charge is 2.19. The molecular weight excluding hydrogens is 187 g/mol. The summed E-state index contributed by atoms with van der Waals surface area (Å²) < 4.78 is 42.1. The lowest BCUT2D eigenvalue weighted by Crippen LogP contribution is -2.15. The first-order valence-corrected chi connectivity index (χ1v) is 5.22. The summed E-state index contributed by atoms with van der Waals surface area (Å²) in [5, 5.41) is 0. The molecule has 1 heterocycles. The molecule has 12 heavy (non-hydrogen) atoms. The summed E-state index contributed by atoms with van der Waals surface area (Å²) in [7, 11) is -3.93. The number of halogens is 1. The monoisotopic (exact) mass is 198 g/mol. The lowest BCUT2D eigenvalue weighted by molar-refractivity contribution is 0.168. The van der Waals surface area contributed by atoms with Gasteiger partial charge in [-0.25, -0.2) is 4.39 Å². The maximum atomic E-state index is 11.7. The van der Waals surface area contributed by atoms with Gasteiger partial charge in [0, 0.05) is 12.5 Å². The number of alkyl halides is 1. The molecule has 1 aliphatic heterocycles. The second kappa shape index (κ2) is 4.15. The van der Waals surface area contributed by atoms with E-state index in [1.165, 1.54) is 0 Å². The van der Waals surface area contributed by atoms with Gasteiger partial charge in [0.25, 0.3) is 10.1 Å². The fourth-order valence-corrected chi connectivity index (χ4v) is 1.41. The highest BCUT2D eigenvalue weighted by atomic mass is 32.2. The lowest BCUT2D eigenvalue weighted by atomic mass is 10.1. The Labute approximate surface area is 70.8 Å². The Balaban J connectivity index is 2.25. The molecule has 1 atom stereocenters. The molecule has 0 radical (unpaired) electrons. The van der Waals surface area contributed by atoms with E-state index < -0.39 is 16.1 Å². The molecule has 1 rings (SSSR count). The third-order valence-corrected chi connectivity index (χ3v) is 2.40. The van der Waals surface area contributed by atoms with Crippen molar-refractivity contribution in [3.05, 3.63) is 0 Å². The number of rotatable bonds is 4. The summed E-state index contributed by atoms with van der Waals surface area (Å²) in [6.45, 7) is 1.16. The van der Waals surface area contributed by atoms with E-state index in [1.807, 2.05) is 0 Å². The first kappa shape index (κ1) is 9.88. The lowest BCUT2D eigenvalue weighted by Gasteiger charge is -2.06. The zero-order chi connectivity index (χ0) is 9.03. The van der Waals surface area contributed by atoms with Gasteiger partial charge in [-0.1, -0.05) is 0 Å². The molecule has 4 nitrogen and oxygen atoms in total. The third kappa shape index (κ3) is 3.04. The average molecular weight is 198 g/mol. The first-order valence-electron chi connectivity index (χ1n) is 3.65. The van der Waals surface area contributed by atoms with Crippen molar-refractivity contribution in [3.63, 3.8) is 0 Å². The van der Waals surface area contributed by atoms with Crippen LogP contribution in [0.3, 0.4) is 0 Å². The van der Waals surface area contributed by atoms with Crippen LogP contribution in [0.25, 0.3) is 0 Å². The Bertz CT molecular complexity index is 220. The Hall–Kier alpha value is -0.200. The summed E-state index contributed by atoms with van der Waals surface area (Å²) in [6.07, 6.45) is 0.780. The van der Waals surface area contributed by atoms with Gasteiger partial charge in [0.1, 0.15) is 0 Å². The van der Waals surface area contributed by atoms with Crippen LogP contribution in [0.4, 0.5) is 4.39 Å². The normalized spacial score (nSPS) is 24.6. The SMILES string of the molecule is O=S(=O)(CF)OCC1CCOC1. The van der Waals surface area contributed by atoms with Gasteiger partial charge in [0.05, 0.1) is 13.2 Å². The predicted molar refractivity (Wildman–Crippen MR) is 39.8 cm³/mol. The molecule has 1 saturated heterocycles. The van der Waals surface area contributed by atoms with Crippen molar-refractivity contribution in [1.82, 2.24) is 0 Å². The van der Waals surface area contributed by atoms with Crippen LogP contribution < -0.4 is 0 Å². The molecule has 6 heteroatoms. The van der Waals surface area contributed by atoms with Crippen LogP contribution in [0.5, 0.6) is 0 Å². The van der Waals surface area contributed by atoms with Gasteiger partial charge in [0.2, 0.25) is 6.01 Å². The first-order chi connectivity index (χ1) is 5.64. The number of hydrogen-bond acceptors (Lipinski definition) is 4. The number of ether oxygens (including phenoxy) is 1. The zero-order valence-electron chi connectivity index (χ0n) is 6.53. The van der Waals surface area contributed by atoms with Crippen molar-refractivity contribution in [2.75, 3.05) is 25.8 Å². The molecule has 1 fully saturated rings. The fraction of sp³-hybridized carbons (Fsp3) is 1.00. The van der Waals surface area contributed by atoms with Crippen molar-refractivity contribution in [3.8, 4) is 0 Å². The van der Waals surface area contributed by atoms with Gasteiger partial charge in [-0.15, -0.1) is 0 Å². The topological polar surface area (TPSA) is 52.6 Å². The van der Waals surface area contributed by atoms with Gasteiger partial charge < -0.3 is 4.74 Å². The van der Waals surface area contributed by atoms with E-state index in [9.17, 15) is 12.8 Å². The molecule has 0 aromatic heterocycles. The molecule has 1 unspecified atom stereocenters. The van der Waals surface area contributed by atoms with Gasteiger partial charge in [-0.2, -0.15) is 8.42 Å². The molecule has 0 amide bonds. The molecule has 72 valence electrons.